The third-order valence-corrected chi connectivity index (χ3v) is 4.83. The first-order valence-electron chi connectivity index (χ1n) is 8.16. The highest BCUT2D eigenvalue weighted by Crippen LogP contribution is 2.37. The Bertz CT molecular complexity index is 837. The highest BCUT2D eigenvalue weighted by Gasteiger charge is 2.27. The van der Waals surface area contributed by atoms with Crippen molar-refractivity contribution in [1.29, 1.82) is 0 Å². The van der Waals surface area contributed by atoms with Crippen molar-refractivity contribution in [3.63, 3.8) is 0 Å². The summed E-state index contributed by atoms with van der Waals surface area (Å²) in [7, 11) is 0. The number of anilines is 1. The van der Waals surface area contributed by atoms with E-state index >= 15 is 0 Å². The molecule has 0 radical (unpaired) electrons. The third kappa shape index (κ3) is 3.78. The molecular weight excluding hydrogens is 381 g/mol. The molecule has 0 saturated carbocycles. The molecule has 0 fully saturated rings. The standard InChI is InChI=1S/C17H17Cl2N3O4/c1-2-25-16(23)13-9-10(26-21-13)5-7-20-17(24)22-8-6-11-14(22)4-3-12(18)15(11)19/h3-4,9H,2,5-8H2,1H3,(H,20,24). The number of nitrogens with one attached hydrogen (secondary N) is 1. The number of hydrogen-bond donors (Lipinski definition) is 1. The quantitative estimate of drug-likeness (QED) is 0.780. The minimum atomic E-state index is -0.532. The maximum absolute atomic E-state index is 12.4. The number of urea groups is 1. The summed E-state index contributed by atoms with van der Waals surface area (Å²) in [6, 6.07) is 4.75. The Hall–Kier alpha value is -2.25. The fraction of sp³-hybridized carbons (Fsp3) is 0.353. The van der Waals surface area contributed by atoms with Crippen LogP contribution in [0.5, 0.6) is 0 Å². The van der Waals surface area contributed by atoms with Crippen LogP contribution in [0.4, 0.5) is 10.5 Å². The maximum atomic E-state index is 12.4. The number of esters is 1. The second kappa shape index (κ2) is 7.97. The lowest BCUT2D eigenvalue weighted by molar-refractivity contribution is 0.0514. The molecule has 7 nitrogen and oxygen atoms in total. The fourth-order valence-corrected chi connectivity index (χ4v) is 3.18. The highest BCUT2D eigenvalue weighted by atomic mass is 35.5. The normalized spacial score (nSPS) is 12.8. The third-order valence-electron chi connectivity index (χ3n) is 3.98. The Morgan fingerprint density at radius 3 is 2.96 bits per heavy atom. The Morgan fingerprint density at radius 2 is 2.19 bits per heavy atom. The van der Waals surface area contributed by atoms with Crippen LogP contribution < -0.4 is 10.2 Å². The van der Waals surface area contributed by atoms with Gasteiger partial charge in [0.15, 0.2) is 5.69 Å². The van der Waals surface area contributed by atoms with Gasteiger partial charge in [-0.25, -0.2) is 9.59 Å². The summed E-state index contributed by atoms with van der Waals surface area (Å²) in [5.74, 6) is -0.0410. The second-order valence-electron chi connectivity index (χ2n) is 5.64. The number of aromatic nitrogens is 1. The van der Waals surface area contributed by atoms with Gasteiger partial charge in [0.1, 0.15) is 5.76 Å². The summed E-state index contributed by atoms with van der Waals surface area (Å²) >= 11 is 12.2. The van der Waals surface area contributed by atoms with Gasteiger partial charge in [-0.1, -0.05) is 28.4 Å². The van der Waals surface area contributed by atoms with E-state index in [1.807, 2.05) is 0 Å². The van der Waals surface area contributed by atoms with Crippen LogP contribution in [0.25, 0.3) is 0 Å². The number of nitrogens with zero attached hydrogens (tertiary/aromatic N) is 2. The van der Waals surface area contributed by atoms with Crippen LogP contribution in [0.1, 0.15) is 28.7 Å². The zero-order valence-corrected chi connectivity index (χ0v) is 15.6. The molecule has 3 rings (SSSR count). The number of carbonyl (C=O) groups excluding carboxylic acids is 2. The fourth-order valence-electron chi connectivity index (χ4n) is 2.75. The van der Waals surface area contributed by atoms with Crippen molar-refractivity contribution in [2.24, 2.45) is 0 Å². The molecule has 138 valence electrons. The van der Waals surface area contributed by atoms with Gasteiger partial charge < -0.3 is 14.6 Å². The lowest BCUT2D eigenvalue weighted by atomic mass is 10.2. The molecule has 9 heteroatoms. The highest BCUT2D eigenvalue weighted by molar-refractivity contribution is 6.42. The molecule has 0 saturated heterocycles. The first-order valence-corrected chi connectivity index (χ1v) is 8.91. The van der Waals surface area contributed by atoms with Crippen molar-refractivity contribution in [3.8, 4) is 0 Å². The van der Waals surface area contributed by atoms with E-state index in [0.29, 0.717) is 41.7 Å². The van der Waals surface area contributed by atoms with Gasteiger partial charge in [-0.15, -0.1) is 0 Å². The number of rotatable bonds is 5. The number of amides is 2. The molecule has 2 aromatic rings. The first kappa shape index (κ1) is 18.5. The predicted molar refractivity (Wildman–Crippen MR) is 97.1 cm³/mol. The van der Waals surface area contributed by atoms with Gasteiger partial charge in [-0.3, -0.25) is 4.90 Å². The summed E-state index contributed by atoms with van der Waals surface area (Å²) in [5, 5.41) is 7.45. The number of hydrogen-bond acceptors (Lipinski definition) is 5. The van der Waals surface area contributed by atoms with E-state index in [4.69, 9.17) is 32.5 Å². The molecule has 1 N–H and O–H groups in total. The number of carbonyl (C=O) groups is 2. The van der Waals surface area contributed by atoms with Crippen molar-refractivity contribution in [2.45, 2.75) is 19.8 Å². The van der Waals surface area contributed by atoms with Gasteiger partial charge in [0.2, 0.25) is 0 Å². The first-order chi connectivity index (χ1) is 12.5. The average Bonchev–Trinajstić information content (AvgIpc) is 3.25. The number of fused-ring (bicyclic) bond motifs is 1. The van der Waals surface area contributed by atoms with E-state index in [1.54, 1.807) is 24.0 Å². The maximum Gasteiger partial charge on any atom is 0.360 e. The van der Waals surface area contributed by atoms with Gasteiger partial charge >= 0.3 is 12.0 Å². The lowest BCUT2D eigenvalue weighted by Crippen LogP contribution is -2.39. The zero-order valence-electron chi connectivity index (χ0n) is 14.1. The van der Waals surface area contributed by atoms with Crippen molar-refractivity contribution in [1.82, 2.24) is 10.5 Å². The van der Waals surface area contributed by atoms with Gasteiger partial charge in [-0.05, 0) is 31.0 Å². The predicted octanol–water partition coefficient (Wildman–Crippen LogP) is 3.47. The van der Waals surface area contributed by atoms with Crippen molar-refractivity contribution >= 4 is 40.9 Å². The molecule has 1 aliphatic heterocycles. The van der Waals surface area contributed by atoms with E-state index in [1.165, 1.54) is 6.07 Å². The molecule has 2 amide bonds. The molecule has 2 heterocycles. The Morgan fingerprint density at radius 1 is 1.38 bits per heavy atom. The van der Waals surface area contributed by atoms with E-state index < -0.39 is 5.97 Å². The minimum absolute atomic E-state index is 0.119. The van der Waals surface area contributed by atoms with Gasteiger partial charge in [-0.2, -0.15) is 0 Å². The van der Waals surface area contributed by atoms with Crippen molar-refractivity contribution in [3.05, 3.63) is 45.3 Å². The Kier molecular flexibility index (Phi) is 5.68. The molecule has 1 aromatic carbocycles. The molecule has 0 atom stereocenters. The van der Waals surface area contributed by atoms with Gasteiger partial charge in [0.05, 0.1) is 22.3 Å². The van der Waals surface area contributed by atoms with Crippen LogP contribution >= 0.6 is 23.2 Å². The Labute approximate surface area is 160 Å². The summed E-state index contributed by atoms with van der Waals surface area (Å²) in [6.45, 7) is 2.86. The van der Waals surface area contributed by atoms with Crippen LogP contribution in [-0.2, 0) is 17.6 Å². The van der Waals surface area contributed by atoms with Crippen molar-refractivity contribution in [2.75, 3.05) is 24.6 Å². The summed E-state index contributed by atoms with van der Waals surface area (Å²) in [6.07, 6.45) is 1.06. The van der Waals surface area contributed by atoms with E-state index in [-0.39, 0.29) is 18.3 Å². The minimum Gasteiger partial charge on any atom is -0.461 e. The van der Waals surface area contributed by atoms with E-state index in [2.05, 4.69) is 10.5 Å². The van der Waals surface area contributed by atoms with Crippen LogP contribution in [0.3, 0.4) is 0 Å². The molecule has 1 aromatic heterocycles. The Balaban J connectivity index is 1.55. The van der Waals surface area contributed by atoms with Crippen LogP contribution in [-0.4, -0.2) is 36.9 Å². The van der Waals surface area contributed by atoms with Crippen LogP contribution in [0.2, 0.25) is 10.0 Å². The summed E-state index contributed by atoms with van der Waals surface area (Å²) in [4.78, 5) is 25.6. The zero-order chi connectivity index (χ0) is 18.7. The van der Waals surface area contributed by atoms with Gasteiger partial charge in [0.25, 0.3) is 0 Å². The summed E-state index contributed by atoms with van der Waals surface area (Å²) in [5.41, 5.74) is 1.76. The summed E-state index contributed by atoms with van der Waals surface area (Å²) < 4.78 is 9.92. The SMILES string of the molecule is CCOC(=O)c1cc(CCNC(=O)N2CCc3c2ccc(Cl)c3Cl)on1. The molecular formula is C17H17Cl2N3O4. The molecule has 1 aliphatic rings. The van der Waals surface area contributed by atoms with E-state index in [9.17, 15) is 9.59 Å². The van der Waals surface area contributed by atoms with Gasteiger partial charge in [0, 0.05) is 25.6 Å². The molecule has 0 bridgehead atoms. The van der Waals surface area contributed by atoms with E-state index in [0.717, 1.165) is 11.3 Å². The molecule has 0 spiro atoms. The molecule has 0 aliphatic carbocycles. The topological polar surface area (TPSA) is 84.7 Å². The number of benzene rings is 1. The monoisotopic (exact) mass is 397 g/mol. The largest absolute Gasteiger partial charge is 0.461 e. The average molecular weight is 398 g/mol. The molecule has 26 heavy (non-hydrogen) atoms. The van der Waals surface area contributed by atoms with Crippen LogP contribution in [0, 0.1) is 0 Å². The molecule has 0 unspecified atom stereocenters. The number of halogens is 2. The lowest BCUT2D eigenvalue weighted by Gasteiger charge is -2.18. The van der Waals surface area contributed by atoms with Crippen LogP contribution in [0.15, 0.2) is 22.7 Å². The second-order valence-corrected chi connectivity index (χ2v) is 6.43. The van der Waals surface area contributed by atoms with Crippen molar-refractivity contribution < 1.29 is 18.8 Å². The number of ether oxygens (including phenoxy) is 1. The smallest absolute Gasteiger partial charge is 0.360 e.